The normalized spacial score (nSPS) is 11.4. The van der Waals surface area contributed by atoms with Crippen molar-refractivity contribution in [3.8, 4) is 5.69 Å². The number of nitrogens with zero attached hydrogens (tertiary/aromatic N) is 2. The molecule has 2 aromatic heterocycles. The molecule has 2 aromatic carbocycles. The van der Waals surface area contributed by atoms with Crippen molar-refractivity contribution in [2.24, 2.45) is 0 Å². The second-order valence-corrected chi connectivity index (χ2v) is 4.99. The molecule has 0 radical (unpaired) electrons. The van der Waals surface area contributed by atoms with Crippen molar-refractivity contribution in [3.05, 3.63) is 60.7 Å². The van der Waals surface area contributed by atoms with E-state index in [4.69, 9.17) is 0 Å². The molecule has 0 aliphatic rings. The maximum absolute atomic E-state index is 4.18. The molecular weight excluding hydrogens is 246 g/mol. The summed E-state index contributed by atoms with van der Waals surface area (Å²) >= 11 is 0. The fraction of sp³-hybridized carbons (Fsp3) is 0.118. The van der Waals surface area contributed by atoms with Crippen LogP contribution in [0.25, 0.3) is 27.5 Å². The number of aromatic nitrogens is 3. The zero-order valence-corrected chi connectivity index (χ0v) is 11.3. The minimum absolute atomic E-state index is 0.999. The van der Waals surface area contributed by atoms with Crippen molar-refractivity contribution in [1.29, 1.82) is 0 Å². The number of hydrogen-bond acceptors (Lipinski definition) is 1. The van der Waals surface area contributed by atoms with Crippen LogP contribution in [-0.4, -0.2) is 14.5 Å². The first-order chi connectivity index (χ1) is 9.88. The van der Waals surface area contributed by atoms with Gasteiger partial charge in [0.25, 0.3) is 0 Å². The lowest BCUT2D eigenvalue weighted by atomic mass is 10.1. The van der Waals surface area contributed by atoms with Gasteiger partial charge in [-0.3, -0.25) is 0 Å². The highest BCUT2D eigenvalue weighted by Crippen LogP contribution is 2.31. The number of para-hydroxylation sites is 1. The van der Waals surface area contributed by atoms with Crippen molar-refractivity contribution >= 4 is 21.8 Å². The van der Waals surface area contributed by atoms with Crippen LogP contribution in [0.15, 0.2) is 55.1 Å². The number of nitrogens with one attached hydrogen (secondary N) is 1. The summed E-state index contributed by atoms with van der Waals surface area (Å²) in [5.41, 5.74) is 4.89. The third kappa shape index (κ3) is 1.50. The van der Waals surface area contributed by atoms with E-state index in [1.165, 1.54) is 33.1 Å². The predicted octanol–water partition coefficient (Wildman–Crippen LogP) is 4.07. The lowest BCUT2D eigenvalue weighted by Gasteiger charge is -2.10. The second kappa shape index (κ2) is 4.23. The molecule has 0 bridgehead atoms. The second-order valence-electron chi connectivity index (χ2n) is 4.99. The average Bonchev–Trinajstić information content (AvgIpc) is 3.13. The van der Waals surface area contributed by atoms with Crippen molar-refractivity contribution in [1.82, 2.24) is 14.5 Å². The van der Waals surface area contributed by atoms with E-state index in [1.54, 1.807) is 0 Å². The van der Waals surface area contributed by atoms with Crippen molar-refractivity contribution < 1.29 is 0 Å². The van der Waals surface area contributed by atoms with Crippen molar-refractivity contribution in [2.45, 2.75) is 13.3 Å². The molecule has 0 unspecified atom stereocenters. The highest BCUT2D eigenvalue weighted by Gasteiger charge is 2.12. The molecule has 0 spiro atoms. The van der Waals surface area contributed by atoms with Gasteiger partial charge >= 0.3 is 0 Å². The molecule has 0 aliphatic heterocycles. The van der Waals surface area contributed by atoms with Gasteiger partial charge in [0.15, 0.2) is 0 Å². The summed E-state index contributed by atoms with van der Waals surface area (Å²) in [5.74, 6) is 0. The molecule has 20 heavy (non-hydrogen) atoms. The van der Waals surface area contributed by atoms with Gasteiger partial charge in [-0.05, 0) is 18.1 Å². The third-order valence-corrected chi connectivity index (χ3v) is 3.88. The molecule has 0 aliphatic carbocycles. The van der Waals surface area contributed by atoms with Crippen molar-refractivity contribution in [3.63, 3.8) is 0 Å². The Morgan fingerprint density at radius 2 is 2.00 bits per heavy atom. The van der Waals surface area contributed by atoms with Crippen LogP contribution in [0.4, 0.5) is 0 Å². The largest absolute Gasteiger partial charge is 0.353 e. The summed E-state index contributed by atoms with van der Waals surface area (Å²) in [5, 5.41) is 2.54. The van der Waals surface area contributed by atoms with Crippen molar-refractivity contribution in [2.75, 3.05) is 0 Å². The molecule has 3 nitrogen and oxygen atoms in total. The van der Waals surface area contributed by atoms with Gasteiger partial charge in [-0.1, -0.05) is 37.3 Å². The molecule has 4 aromatic rings. The number of hydrogen-bond donors (Lipinski definition) is 1. The first-order valence-corrected chi connectivity index (χ1v) is 6.89. The van der Waals surface area contributed by atoms with Gasteiger partial charge in [-0.15, -0.1) is 0 Å². The Kier molecular flexibility index (Phi) is 2.39. The van der Waals surface area contributed by atoms with Crippen LogP contribution in [0, 0.1) is 0 Å². The Bertz CT molecular complexity index is 885. The van der Waals surface area contributed by atoms with Gasteiger partial charge in [-0.25, -0.2) is 4.98 Å². The van der Waals surface area contributed by atoms with Crippen LogP contribution in [0.3, 0.4) is 0 Å². The van der Waals surface area contributed by atoms with E-state index in [0.717, 1.165) is 6.42 Å². The quantitative estimate of drug-likeness (QED) is 0.580. The van der Waals surface area contributed by atoms with E-state index in [-0.39, 0.29) is 0 Å². The van der Waals surface area contributed by atoms with E-state index in [0.29, 0.717) is 0 Å². The van der Waals surface area contributed by atoms with E-state index in [1.807, 2.05) is 18.7 Å². The molecule has 1 N–H and O–H groups in total. The topological polar surface area (TPSA) is 33.6 Å². The summed E-state index contributed by atoms with van der Waals surface area (Å²) in [7, 11) is 0. The van der Waals surface area contributed by atoms with Crippen LogP contribution in [0.1, 0.15) is 12.5 Å². The van der Waals surface area contributed by atoms with E-state index in [9.17, 15) is 0 Å². The van der Waals surface area contributed by atoms with Crippen LogP contribution in [0.5, 0.6) is 0 Å². The van der Waals surface area contributed by atoms with Gasteiger partial charge in [0.05, 0.1) is 17.5 Å². The number of rotatable bonds is 2. The first-order valence-electron chi connectivity index (χ1n) is 6.89. The Labute approximate surface area is 116 Å². The molecule has 2 heterocycles. The van der Waals surface area contributed by atoms with Crippen LogP contribution in [0.2, 0.25) is 0 Å². The molecule has 4 rings (SSSR count). The SMILES string of the molecule is CCc1ccc2c([nH]c3ccccc32)c1-n1ccnc1. The standard InChI is InChI=1S/C17H15N3/c1-2-12-7-8-14-13-5-3-4-6-15(13)19-16(14)17(12)20-10-9-18-11-20/h3-11,19H,2H2,1H3. The van der Waals surface area contributed by atoms with Gasteiger partial charge in [-0.2, -0.15) is 0 Å². The average molecular weight is 261 g/mol. The number of aryl methyl sites for hydroxylation is 1. The molecule has 0 saturated carbocycles. The first kappa shape index (κ1) is 11.3. The summed E-state index contributed by atoms with van der Waals surface area (Å²) in [6.45, 7) is 2.18. The highest BCUT2D eigenvalue weighted by atomic mass is 15.0. The third-order valence-electron chi connectivity index (χ3n) is 3.88. The summed E-state index contributed by atoms with van der Waals surface area (Å²) in [6.07, 6.45) is 6.68. The monoisotopic (exact) mass is 261 g/mol. The van der Waals surface area contributed by atoms with E-state index in [2.05, 4.69) is 57.9 Å². The number of aromatic amines is 1. The highest BCUT2D eigenvalue weighted by molar-refractivity contribution is 6.10. The minimum atomic E-state index is 0.999. The molecule has 0 atom stereocenters. The maximum Gasteiger partial charge on any atom is 0.0992 e. The van der Waals surface area contributed by atoms with Gasteiger partial charge in [0.2, 0.25) is 0 Å². The van der Waals surface area contributed by atoms with Gasteiger partial charge in [0.1, 0.15) is 0 Å². The Hall–Kier alpha value is -2.55. The number of fused-ring (bicyclic) bond motifs is 3. The minimum Gasteiger partial charge on any atom is -0.353 e. The summed E-state index contributed by atoms with van der Waals surface area (Å²) in [6, 6.07) is 12.9. The molecule has 0 fully saturated rings. The Morgan fingerprint density at radius 1 is 1.10 bits per heavy atom. The molecule has 3 heteroatoms. The summed E-state index contributed by atoms with van der Waals surface area (Å²) < 4.78 is 2.09. The zero-order valence-electron chi connectivity index (χ0n) is 11.3. The van der Waals surface area contributed by atoms with Crippen LogP contribution < -0.4 is 0 Å². The maximum atomic E-state index is 4.18. The van der Waals surface area contributed by atoms with Gasteiger partial charge in [0, 0.05) is 28.7 Å². The fourth-order valence-electron chi connectivity index (χ4n) is 2.92. The molecule has 0 amide bonds. The number of imidazole rings is 1. The summed E-state index contributed by atoms with van der Waals surface area (Å²) in [4.78, 5) is 7.74. The lowest BCUT2D eigenvalue weighted by Crippen LogP contribution is -1.97. The Balaban J connectivity index is 2.18. The predicted molar refractivity (Wildman–Crippen MR) is 82.3 cm³/mol. The zero-order chi connectivity index (χ0) is 13.5. The van der Waals surface area contributed by atoms with E-state index < -0.39 is 0 Å². The Morgan fingerprint density at radius 3 is 2.80 bits per heavy atom. The lowest BCUT2D eigenvalue weighted by molar-refractivity contribution is 1.01. The van der Waals surface area contributed by atoms with Gasteiger partial charge < -0.3 is 9.55 Å². The number of benzene rings is 2. The van der Waals surface area contributed by atoms with E-state index >= 15 is 0 Å². The van der Waals surface area contributed by atoms with Crippen LogP contribution >= 0.6 is 0 Å². The molecule has 98 valence electrons. The fourth-order valence-corrected chi connectivity index (χ4v) is 2.92. The smallest absolute Gasteiger partial charge is 0.0992 e. The molecule has 0 saturated heterocycles. The number of H-pyrrole nitrogens is 1. The van der Waals surface area contributed by atoms with Crippen LogP contribution in [-0.2, 0) is 6.42 Å². The molecular formula is C17H15N3.